The number of aryl methyl sites for hydroxylation is 2. The summed E-state index contributed by atoms with van der Waals surface area (Å²) in [4.78, 5) is 18.7. The van der Waals surface area contributed by atoms with Gasteiger partial charge < -0.3 is 14.2 Å². The largest absolute Gasteiger partial charge is 0.467 e. The standard InChI is InChI=1S/C18H19N3O3S/c1-11-3-4-12(2)16-15(11)20-18(25-16)23-13-6-9-21(10-7-13)17(22)14-5-8-19-24-14/h3-5,8,13H,6-7,9-10H2,1-2H3. The Morgan fingerprint density at radius 2 is 2.00 bits per heavy atom. The Hall–Kier alpha value is -2.41. The van der Waals surface area contributed by atoms with Crippen molar-refractivity contribution in [2.45, 2.75) is 32.8 Å². The molecule has 25 heavy (non-hydrogen) atoms. The highest BCUT2D eigenvalue weighted by molar-refractivity contribution is 7.20. The number of carbonyl (C=O) groups is 1. The quantitative estimate of drug-likeness (QED) is 0.716. The van der Waals surface area contributed by atoms with Gasteiger partial charge in [-0.3, -0.25) is 4.79 Å². The first-order valence-corrected chi connectivity index (χ1v) is 9.17. The summed E-state index contributed by atoms with van der Waals surface area (Å²) in [6.07, 6.45) is 3.14. The molecule has 3 aromatic rings. The van der Waals surface area contributed by atoms with Crippen molar-refractivity contribution in [2.75, 3.05) is 13.1 Å². The second-order valence-electron chi connectivity index (χ2n) is 6.34. The van der Waals surface area contributed by atoms with E-state index in [4.69, 9.17) is 9.26 Å². The molecule has 2 aromatic heterocycles. The minimum Gasteiger partial charge on any atom is -0.467 e. The topological polar surface area (TPSA) is 68.5 Å². The molecule has 130 valence electrons. The van der Waals surface area contributed by atoms with Gasteiger partial charge in [0.05, 0.1) is 16.4 Å². The van der Waals surface area contributed by atoms with Gasteiger partial charge in [-0.15, -0.1) is 0 Å². The van der Waals surface area contributed by atoms with E-state index in [1.807, 2.05) is 0 Å². The summed E-state index contributed by atoms with van der Waals surface area (Å²) in [7, 11) is 0. The van der Waals surface area contributed by atoms with Crippen molar-refractivity contribution in [2.24, 2.45) is 0 Å². The van der Waals surface area contributed by atoms with Gasteiger partial charge in [-0.1, -0.05) is 28.6 Å². The van der Waals surface area contributed by atoms with Crippen LogP contribution in [0.2, 0.25) is 0 Å². The number of benzene rings is 1. The molecule has 0 bridgehead atoms. The van der Waals surface area contributed by atoms with Crippen LogP contribution in [-0.4, -0.2) is 40.1 Å². The molecule has 0 unspecified atom stereocenters. The Morgan fingerprint density at radius 1 is 1.24 bits per heavy atom. The van der Waals surface area contributed by atoms with Gasteiger partial charge in [-0.05, 0) is 25.0 Å². The third-order valence-corrected chi connectivity index (χ3v) is 5.65. The average Bonchev–Trinajstić information content (AvgIpc) is 3.29. The van der Waals surface area contributed by atoms with Crippen LogP contribution in [0.25, 0.3) is 10.2 Å². The molecule has 0 saturated carbocycles. The molecule has 1 aliphatic heterocycles. The summed E-state index contributed by atoms with van der Waals surface area (Å²) < 4.78 is 12.2. The molecule has 3 heterocycles. The molecular weight excluding hydrogens is 338 g/mol. The number of aromatic nitrogens is 2. The van der Waals surface area contributed by atoms with Crippen LogP contribution in [0.3, 0.4) is 0 Å². The van der Waals surface area contributed by atoms with Gasteiger partial charge in [0, 0.05) is 32.0 Å². The minimum absolute atomic E-state index is 0.0833. The van der Waals surface area contributed by atoms with Crippen LogP contribution in [0.5, 0.6) is 5.19 Å². The lowest BCUT2D eigenvalue weighted by molar-refractivity contribution is 0.0558. The number of rotatable bonds is 3. The Morgan fingerprint density at radius 3 is 2.68 bits per heavy atom. The van der Waals surface area contributed by atoms with Gasteiger partial charge in [0.15, 0.2) is 0 Å². The molecule has 1 aliphatic rings. The third kappa shape index (κ3) is 3.11. The van der Waals surface area contributed by atoms with Crippen LogP contribution >= 0.6 is 11.3 Å². The van der Waals surface area contributed by atoms with Gasteiger partial charge in [0.2, 0.25) is 5.76 Å². The Balaban J connectivity index is 1.41. The van der Waals surface area contributed by atoms with Gasteiger partial charge in [-0.25, -0.2) is 4.98 Å². The number of amides is 1. The summed E-state index contributed by atoms with van der Waals surface area (Å²) in [5.74, 6) is 0.179. The van der Waals surface area contributed by atoms with E-state index >= 15 is 0 Å². The maximum Gasteiger partial charge on any atom is 0.292 e. The zero-order valence-electron chi connectivity index (χ0n) is 14.2. The molecule has 1 amide bonds. The molecule has 0 N–H and O–H groups in total. The predicted molar refractivity (Wildman–Crippen MR) is 95.2 cm³/mol. The van der Waals surface area contributed by atoms with E-state index in [0.717, 1.165) is 18.4 Å². The first kappa shape index (κ1) is 16.1. The van der Waals surface area contributed by atoms with Crippen molar-refractivity contribution in [3.63, 3.8) is 0 Å². The molecule has 0 radical (unpaired) electrons. The Labute approximate surface area is 149 Å². The molecule has 1 fully saturated rings. The second-order valence-corrected chi connectivity index (χ2v) is 7.30. The lowest BCUT2D eigenvalue weighted by Crippen LogP contribution is -2.41. The predicted octanol–water partition coefficient (Wildman–Crippen LogP) is 3.58. The van der Waals surface area contributed by atoms with E-state index in [1.165, 1.54) is 22.0 Å². The van der Waals surface area contributed by atoms with E-state index in [2.05, 4.69) is 36.1 Å². The number of nitrogens with zero attached hydrogens (tertiary/aromatic N) is 3. The lowest BCUT2D eigenvalue weighted by atomic mass is 10.1. The van der Waals surface area contributed by atoms with Crippen LogP contribution in [-0.2, 0) is 0 Å². The van der Waals surface area contributed by atoms with E-state index in [1.54, 1.807) is 22.3 Å². The van der Waals surface area contributed by atoms with Crippen LogP contribution in [0.15, 0.2) is 28.9 Å². The Kier molecular flexibility index (Phi) is 4.17. The van der Waals surface area contributed by atoms with E-state index in [-0.39, 0.29) is 17.8 Å². The number of fused-ring (bicyclic) bond motifs is 1. The van der Waals surface area contributed by atoms with Gasteiger partial charge in [0.1, 0.15) is 6.10 Å². The molecule has 7 heteroatoms. The zero-order valence-corrected chi connectivity index (χ0v) is 15.0. The maximum atomic E-state index is 12.3. The second kappa shape index (κ2) is 6.48. The number of ether oxygens (including phenoxy) is 1. The average molecular weight is 357 g/mol. The van der Waals surface area contributed by atoms with Crippen LogP contribution in [0.4, 0.5) is 0 Å². The maximum absolute atomic E-state index is 12.3. The molecule has 1 saturated heterocycles. The molecule has 4 rings (SSSR count). The Bertz CT molecular complexity index is 857. The van der Waals surface area contributed by atoms with Crippen LogP contribution < -0.4 is 4.74 Å². The fourth-order valence-electron chi connectivity index (χ4n) is 3.09. The number of carbonyl (C=O) groups excluding carboxylic acids is 1. The molecule has 0 spiro atoms. The fourth-order valence-corrected chi connectivity index (χ4v) is 4.12. The highest BCUT2D eigenvalue weighted by atomic mass is 32.1. The van der Waals surface area contributed by atoms with E-state index in [9.17, 15) is 4.79 Å². The SMILES string of the molecule is Cc1ccc(C)c2sc(OC3CCN(C(=O)c4ccno4)CC3)nc12. The van der Waals surface area contributed by atoms with Crippen molar-refractivity contribution in [1.82, 2.24) is 15.0 Å². The molecule has 0 aliphatic carbocycles. The van der Waals surface area contributed by atoms with Crippen molar-refractivity contribution in [3.8, 4) is 5.19 Å². The molecule has 0 atom stereocenters. The highest BCUT2D eigenvalue weighted by Gasteiger charge is 2.27. The van der Waals surface area contributed by atoms with E-state index < -0.39 is 0 Å². The monoisotopic (exact) mass is 357 g/mol. The van der Waals surface area contributed by atoms with Crippen molar-refractivity contribution in [3.05, 3.63) is 41.3 Å². The zero-order chi connectivity index (χ0) is 17.4. The number of hydrogen-bond donors (Lipinski definition) is 0. The van der Waals surface area contributed by atoms with Crippen molar-refractivity contribution < 1.29 is 14.1 Å². The van der Waals surface area contributed by atoms with Crippen molar-refractivity contribution >= 4 is 27.5 Å². The third-order valence-electron chi connectivity index (χ3n) is 4.57. The smallest absolute Gasteiger partial charge is 0.292 e. The first-order chi connectivity index (χ1) is 12.1. The minimum atomic E-state index is -0.109. The van der Waals surface area contributed by atoms with Crippen LogP contribution in [0, 0.1) is 13.8 Å². The molecular formula is C18H19N3O3S. The number of likely N-dealkylation sites (tertiary alicyclic amines) is 1. The molecule has 1 aromatic carbocycles. The summed E-state index contributed by atoms with van der Waals surface area (Å²) in [5.41, 5.74) is 3.41. The number of thiazole rings is 1. The van der Waals surface area contributed by atoms with Gasteiger partial charge in [-0.2, -0.15) is 0 Å². The van der Waals surface area contributed by atoms with Crippen LogP contribution in [0.1, 0.15) is 34.5 Å². The number of hydrogen-bond acceptors (Lipinski definition) is 6. The fraction of sp³-hybridized carbons (Fsp3) is 0.389. The molecule has 6 nitrogen and oxygen atoms in total. The first-order valence-electron chi connectivity index (χ1n) is 8.35. The number of piperidine rings is 1. The summed E-state index contributed by atoms with van der Waals surface area (Å²) >= 11 is 1.60. The summed E-state index contributed by atoms with van der Waals surface area (Å²) in [6, 6.07) is 5.80. The lowest BCUT2D eigenvalue weighted by Gasteiger charge is -2.30. The van der Waals surface area contributed by atoms with Gasteiger partial charge in [0.25, 0.3) is 11.1 Å². The summed E-state index contributed by atoms with van der Waals surface area (Å²) in [6.45, 7) is 5.45. The van der Waals surface area contributed by atoms with Gasteiger partial charge >= 0.3 is 0 Å². The van der Waals surface area contributed by atoms with Crippen molar-refractivity contribution in [1.29, 1.82) is 0 Å². The summed E-state index contributed by atoms with van der Waals surface area (Å²) in [5, 5.41) is 4.30. The normalized spacial score (nSPS) is 15.7. The van der Waals surface area contributed by atoms with E-state index in [0.29, 0.717) is 18.3 Å². The highest BCUT2D eigenvalue weighted by Crippen LogP contribution is 2.33.